The molecular formula is C22H27NO3. The summed E-state index contributed by atoms with van der Waals surface area (Å²) in [7, 11) is 3.51. The highest BCUT2D eigenvalue weighted by Gasteiger charge is 2.18. The normalized spacial score (nSPS) is 16.9. The van der Waals surface area contributed by atoms with Crippen molar-refractivity contribution < 1.29 is 14.3 Å². The van der Waals surface area contributed by atoms with E-state index in [4.69, 9.17) is 9.47 Å². The third kappa shape index (κ3) is 4.44. The molecule has 0 saturated carbocycles. The van der Waals surface area contributed by atoms with Crippen molar-refractivity contribution in [3.63, 3.8) is 0 Å². The van der Waals surface area contributed by atoms with E-state index in [2.05, 4.69) is 0 Å². The summed E-state index contributed by atoms with van der Waals surface area (Å²) in [6, 6.07) is 15.6. The zero-order valence-corrected chi connectivity index (χ0v) is 15.6. The predicted molar refractivity (Wildman–Crippen MR) is 104 cm³/mol. The summed E-state index contributed by atoms with van der Waals surface area (Å²) in [6.45, 7) is 1.55. The molecule has 1 unspecified atom stereocenters. The molecule has 26 heavy (non-hydrogen) atoms. The average Bonchev–Trinajstić information content (AvgIpc) is 2.72. The van der Waals surface area contributed by atoms with Gasteiger partial charge >= 0.3 is 0 Å². The molecule has 4 nitrogen and oxygen atoms in total. The Hall–Kier alpha value is -2.33. The zero-order valence-electron chi connectivity index (χ0n) is 15.6. The van der Waals surface area contributed by atoms with Gasteiger partial charge in [-0.15, -0.1) is 0 Å². The van der Waals surface area contributed by atoms with Crippen molar-refractivity contribution >= 4 is 5.91 Å². The number of amides is 1. The number of rotatable bonds is 6. The van der Waals surface area contributed by atoms with E-state index in [-0.39, 0.29) is 12.0 Å². The molecule has 2 aromatic rings. The molecule has 1 saturated heterocycles. The smallest absolute Gasteiger partial charge is 0.253 e. The fourth-order valence-corrected chi connectivity index (χ4v) is 3.38. The molecule has 1 amide bonds. The van der Waals surface area contributed by atoms with Crippen molar-refractivity contribution in [1.29, 1.82) is 0 Å². The van der Waals surface area contributed by atoms with Gasteiger partial charge in [0, 0.05) is 31.3 Å². The van der Waals surface area contributed by atoms with Gasteiger partial charge in [0.15, 0.2) is 0 Å². The van der Waals surface area contributed by atoms with E-state index in [0.717, 1.165) is 42.7 Å². The van der Waals surface area contributed by atoms with E-state index in [1.54, 1.807) is 12.0 Å². The van der Waals surface area contributed by atoms with Gasteiger partial charge in [-0.05, 0) is 49.4 Å². The Balaban J connectivity index is 1.72. The number of hydrogen-bond acceptors (Lipinski definition) is 3. The Morgan fingerprint density at radius 2 is 2.00 bits per heavy atom. The summed E-state index contributed by atoms with van der Waals surface area (Å²) in [6.07, 6.45) is 4.66. The lowest BCUT2D eigenvalue weighted by Gasteiger charge is -2.25. The fourth-order valence-electron chi connectivity index (χ4n) is 3.38. The first-order valence-corrected chi connectivity index (χ1v) is 9.29. The van der Waals surface area contributed by atoms with Crippen LogP contribution in [0.25, 0.3) is 11.1 Å². The lowest BCUT2D eigenvalue weighted by Crippen LogP contribution is -2.31. The molecule has 1 atom stereocenters. The van der Waals surface area contributed by atoms with Crippen LogP contribution in [0.4, 0.5) is 0 Å². The van der Waals surface area contributed by atoms with Crippen LogP contribution < -0.4 is 4.74 Å². The van der Waals surface area contributed by atoms with Crippen LogP contribution in [0.5, 0.6) is 5.75 Å². The van der Waals surface area contributed by atoms with Crippen molar-refractivity contribution in [2.75, 3.05) is 27.3 Å². The van der Waals surface area contributed by atoms with Crippen LogP contribution in [-0.2, 0) is 4.74 Å². The van der Waals surface area contributed by atoms with Gasteiger partial charge in [0.05, 0.1) is 13.2 Å². The molecule has 0 N–H and O–H groups in total. The lowest BCUT2D eigenvalue weighted by atomic mass is 10.0. The number of ether oxygens (including phenoxy) is 2. The van der Waals surface area contributed by atoms with Crippen LogP contribution in [0.15, 0.2) is 48.5 Å². The Bertz CT molecular complexity index is 723. The Labute approximate surface area is 155 Å². The third-order valence-electron chi connectivity index (χ3n) is 4.94. The predicted octanol–water partition coefficient (Wildman–Crippen LogP) is 4.39. The maximum absolute atomic E-state index is 12.8. The summed E-state index contributed by atoms with van der Waals surface area (Å²) >= 11 is 0. The summed E-state index contributed by atoms with van der Waals surface area (Å²) in [4.78, 5) is 14.6. The van der Waals surface area contributed by atoms with Crippen LogP contribution in [0.2, 0.25) is 0 Å². The molecule has 1 aliphatic rings. The molecule has 0 aliphatic carbocycles. The maximum atomic E-state index is 12.8. The van der Waals surface area contributed by atoms with Crippen LogP contribution >= 0.6 is 0 Å². The second-order valence-corrected chi connectivity index (χ2v) is 6.79. The number of nitrogens with zero attached hydrogens (tertiary/aromatic N) is 1. The third-order valence-corrected chi connectivity index (χ3v) is 4.94. The molecule has 138 valence electrons. The average molecular weight is 353 g/mol. The van der Waals surface area contributed by atoms with Crippen LogP contribution in [0, 0.1) is 0 Å². The first-order chi connectivity index (χ1) is 12.7. The highest BCUT2D eigenvalue weighted by atomic mass is 16.5. The molecule has 1 fully saturated rings. The van der Waals surface area contributed by atoms with Gasteiger partial charge in [-0.25, -0.2) is 0 Å². The molecule has 0 radical (unpaired) electrons. The van der Waals surface area contributed by atoms with E-state index in [0.29, 0.717) is 12.1 Å². The van der Waals surface area contributed by atoms with Crippen molar-refractivity contribution in [1.82, 2.24) is 4.90 Å². The Morgan fingerprint density at radius 1 is 1.19 bits per heavy atom. The first kappa shape index (κ1) is 18.5. The highest BCUT2D eigenvalue weighted by Crippen LogP contribution is 2.31. The van der Waals surface area contributed by atoms with Crippen LogP contribution in [0.1, 0.15) is 36.0 Å². The highest BCUT2D eigenvalue weighted by molar-refractivity contribution is 5.96. The monoisotopic (exact) mass is 353 g/mol. The molecule has 0 aromatic heterocycles. The van der Waals surface area contributed by atoms with Crippen LogP contribution in [0.3, 0.4) is 0 Å². The summed E-state index contributed by atoms with van der Waals surface area (Å²) < 4.78 is 11.2. The summed E-state index contributed by atoms with van der Waals surface area (Å²) in [5.41, 5.74) is 2.65. The quantitative estimate of drug-likeness (QED) is 0.773. The van der Waals surface area contributed by atoms with E-state index < -0.39 is 0 Å². The fraction of sp³-hybridized carbons (Fsp3) is 0.409. The molecule has 0 bridgehead atoms. The molecule has 1 heterocycles. The number of carbonyl (C=O) groups excluding carboxylic acids is 1. The van der Waals surface area contributed by atoms with Gasteiger partial charge in [-0.1, -0.05) is 30.3 Å². The molecule has 3 rings (SSSR count). The van der Waals surface area contributed by atoms with Gasteiger partial charge in [0.25, 0.3) is 5.91 Å². The molecule has 1 aliphatic heterocycles. The molecule has 4 heteroatoms. The van der Waals surface area contributed by atoms with Gasteiger partial charge < -0.3 is 14.4 Å². The Morgan fingerprint density at radius 3 is 2.69 bits per heavy atom. The van der Waals surface area contributed by atoms with E-state index >= 15 is 0 Å². The van der Waals surface area contributed by atoms with E-state index in [9.17, 15) is 4.79 Å². The largest absolute Gasteiger partial charge is 0.496 e. The standard InChI is InChI=1S/C22H27NO3/c1-23(14-13-19-10-6-7-15-26-19)22(24)18-11-12-21(25-2)20(16-18)17-8-4-3-5-9-17/h3-5,8-9,11-12,16,19H,6-7,10,13-15H2,1-2H3. The Kier molecular flexibility index (Phi) is 6.29. The van der Waals surface area contributed by atoms with Gasteiger partial charge in [0.1, 0.15) is 5.75 Å². The minimum atomic E-state index is 0.0284. The molecule has 2 aromatic carbocycles. The lowest BCUT2D eigenvalue weighted by molar-refractivity contribution is 0.00709. The van der Waals surface area contributed by atoms with Crippen molar-refractivity contribution in [2.24, 2.45) is 0 Å². The molecular weight excluding hydrogens is 326 g/mol. The number of benzene rings is 2. The van der Waals surface area contributed by atoms with Gasteiger partial charge in [0.2, 0.25) is 0 Å². The van der Waals surface area contributed by atoms with Crippen LogP contribution in [-0.4, -0.2) is 44.2 Å². The molecule has 0 spiro atoms. The van der Waals surface area contributed by atoms with Crippen molar-refractivity contribution in [3.8, 4) is 16.9 Å². The second kappa shape index (κ2) is 8.86. The minimum absolute atomic E-state index is 0.0284. The zero-order chi connectivity index (χ0) is 18.4. The second-order valence-electron chi connectivity index (χ2n) is 6.79. The first-order valence-electron chi connectivity index (χ1n) is 9.29. The van der Waals surface area contributed by atoms with E-state index in [1.165, 1.54) is 6.42 Å². The van der Waals surface area contributed by atoms with Gasteiger partial charge in [-0.2, -0.15) is 0 Å². The number of hydrogen-bond donors (Lipinski definition) is 0. The SMILES string of the molecule is COc1ccc(C(=O)N(C)CCC2CCCCO2)cc1-c1ccccc1. The number of methoxy groups -OCH3 is 1. The maximum Gasteiger partial charge on any atom is 0.253 e. The van der Waals surface area contributed by atoms with Crippen molar-refractivity contribution in [2.45, 2.75) is 31.8 Å². The van der Waals surface area contributed by atoms with Gasteiger partial charge in [-0.3, -0.25) is 4.79 Å². The minimum Gasteiger partial charge on any atom is -0.496 e. The summed E-state index contributed by atoms with van der Waals surface area (Å²) in [5, 5.41) is 0. The van der Waals surface area contributed by atoms with Crippen molar-refractivity contribution in [3.05, 3.63) is 54.1 Å². The number of carbonyl (C=O) groups is 1. The topological polar surface area (TPSA) is 38.8 Å². The van der Waals surface area contributed by atoms with E-state index in [1.807, 2.05) is 55.6 Å². The summed E-state index contributed by atoms with van der Waals surface area (Å²) in [5.74, 6) is 0.798.